The highest BCUT2D eigenvalue weighted by molar-refractivity contribution is 9.10. The lowest BCUT2D eigenvalue weighted by molar-refractivity contribution is -0.140. The van der Waals surface area contributed by atoms with E-state index in [1.807, 2.05) is 68.4 Å². The first-order chi connectivity index (χ1) is 21.0. The van der Waals surface area contributed by atoms with Crippen molar-refractivity contribution in [1.29, 1.82) is 0 Å². The summed E-state index contributed by atoms with van der Waals surface area (Å²) in [5.74, 6) is -0.642. The molecule has 0 aromatic heterocycles. The summed E-state index contributed by atoms with van der Waals surface area (Å²) >= 11 is 9.62. The Morgan fingerprint density at radius 1 is 0.841 bits per heavy atom. The van der Waals surface area contributed by atoms with Gasteiger partial charge in [-0.05, 0) is 65.6 Å². The molecule has 0 bridgehead atoms. The van der Waals surface area contributed by atoms with Crippen molar-refractivity contribution in [3.63, 3.8) is 0 Å². The van der Waals surface area contributed by atoms with Crippen molar-refractivity contribution in [2.24, 2.45) is 5.92 Å². The molecule has 0 saturated heterocycles. The number of benzene rings is 4. The second-order valence-electron chi connectivity index (χ2n) is 10.8. The fourth-order valence-corrected chi connectivity index (χ4v) is 6.67. The zero-order valence-corrected chi connectivity index (χ0v) is 27.7. The molecule has 0 aliphatic rings. The van der Waals surface area contributed by atoms with Gasteiger partial charge in [-0.2, -0.15) is 0 Å². The van der Waals surface area contributed by atoms with Crippen LogP contribution >= 0.6 is 27.5 Å². The largest absolute Gasteiger partial charge is 0.354 e. The lowest BCUT2D eigenvalue weighted by atomic mass is 10.0. The molecule has 1 unspecified atom stereocenters. The molecule has 7 nitrogen and oxygen atoms in total. The molecule has 0 saturated carbocycles. The van der Waals surface area contributed by atoms with Gasteiger partial charge in [0.25, 0.3) is 10.0 Å². The summed E-state index contributed by atoms with van der Waals surface area (Å²) in [5.41, 5.74) is 1.93. The van der Waals surface area contributed by atoms with Crippen LogP contribution in [0.3, 0.4) is 0 Å². The molecule has 230 valence electrons. The molecule has 0 fully saturated rings. The Morgan fingerprint density at radius 3 is 2.07 bits per heavy atom. The first-order valence-electron chi connectivity index (χ1n) is 14.2. The minimum Gasteiger partial charge on any atom is -0.354 e. The van der Waals surface area contributed by atoms with Gasteiger partial charge in [-0.15, -0.1) is 0 Å². The second kappa shape index (κ2) is 15.4. The molecule has 0 spiro atoms. The molecule has 4 aromatic rings. The first-order valence-corrected chi connectivity index (χ1v) is 16.8. The zero-order valence-electron chi connectivity index (χ0n) is 24.6. The number of amides is 2. The maximum Gasteiger partial charge on any atom is 0.264 e. The summed E-state index contributed by atoms with van der Waals surface area (Å²) in [4.78, 5) is 29.8. The van der Waals surface area contributed by atoms with Crippen LogP contribution in [0, 0.1) is 5.92 Å². The van der Waals surface area contributed by atoms with Gasteiger partial charge in [0, 0.05) is 29.0 Å². The van der Waals surface area contributed by atoms with E-state index in [0.717, 1.165) is 19.9 Å². The molecule has 1 N–H and O–H groups in total. The Balaban J connectivity index is 1.79. The van der Waals surface area contributed by atoms with Crippen molar-refractivity contribution in [1.82, 2.24) is 10.2 Å². The van der Waals surface area contributed by atoms with Crippen LogP contribution in [0.5, 0.6) is 0 Å². The van der Waals surface area contributed by atoms with E-state index in [-0.39, 0.29) is 35.4 Å². The quantitative estimate of drug-likeness (QED) is 0.168. The lowest BCUT2D eigenvalue weighted by Gasteiger charge is -2.34. The van der Waals surface area contributed by atoms with Crippen LogP contribution in [0.2, 0.25) is 5.02 Å². The number of nitrogens with zero attached hydrogens (tertiary/aromatic N) is 2. The third-order valence-electron chi connectivity index (χ3n) is 6.92. The Labute approximate surface area is 273 Å². The Morgan fingerprint density at radius 2 is 1.45 bits per heavy atom. The van der Waals surface area contributed by atoms with E-state index in [0.29, 0.717) is 11.6 Å². The van der Waals surface area contributed by atoms with Crippen molar-refractivity contribution >= 4 is 55.1 Å². The number of carbonyl (C=O) groups is 2. The first kappa shape index (κ1) is 33.2. The molecule has 0 aliphatic carbocycles. The molecular formula is C34H35BrClN3O4S. The van der Waals surface area contributed by atoms with Crippen molar-refractivity contribution in [2.75, 3.05) is 17.4 Å². The number of anilines is 1. The number of hydrogen-bond donors (Lipinski definition) is 1. The molecule has 2 amide bonds. The number of carbonyl (C=O) groups excluding carboxylic acids is 2. The highest BCUT2D eigenvalue weighted by Gasteiger charge is 2.34. The van der Waals surface area contributed by atoms with E-state index in [4.69, 9.17) is 11.6 Å². The summed E-state index contributed by atoms with van der Waals surface area (Å²) in [6, 6.07) is 30.3. The van der Waals surface area contributed by atoms with Gasteiger partial charge >= 0.3 is 0 Å². The van der Waals surface area contributed by atoms with E-state index in [9.17, 15) is 18.0 Å². The zero-order chi connectivity index (χ0) is 31.7. The smallest absolute Gasteiger partial charge is 0.264 e. The van der Waals surface area contributed by atoms with Crippen molar-refractivity contribution in [3.8, 4) is 0 Å². The standard InChI is InChI=1S/C34H35BrClN3O4S/c1-25(2)22-37-34(41)32(21-26-10-5-3-6-11-26)38(23-27-12-9-13-28(35)20-27)33(40)24-39(30-18-16-29(36)17-19-30)44(42,43)31-14-7-4-8-15-31/h3-20,25,32H,21-24H2,1-2H3,(H,37,41). The highest BCUT2D eigenvalue weighted by Crippen LogP contribution is 2.26. The Hall–Kier alpha value is -3.66. The van der Waals surface area contributed by atoms with Gasteiger partial charge in [0.15, 0.2) is 0 Å². The third kappa shape index (κ3) is 8.94. The van der Waals surface area contributed by atoms with E-state index >= 15 is 0 Å². The molecule has 0 radical (unpaired) electrons. The van der Waals surface area contributed by atoms with E-state index in [2.05, 4.69) is 21.2 Å². The summed E-state index contributed by atoms with van der Waals surface area (Å²) in [6.45, 7) is 3.98. The molecule has 1 atom stereocenters. The molecule has 0 heterocycles. The van der Waals surface area contributed by atoms with Gasteiger partial charge in [-0.1, -0.05) is 102 Å². The van der Waals surface area contributed by atoms with Gasteiger partial charge in [0.05, 0.1) is 10.6 Å². The molecule has 44 heavy (non-hydrogen) atoms. The van der Waals surface area contributed by atoms with E-state index < -0.39 is 28.5 Å². The summed E-state index contributed by atoms with van der Waals surface area (Å²) in [5, 5.41) is 3.42. The highest BCUT2D eigenvalue weighted by atomic mass is 79.9. The minimum atomic E-state index is -4.17. The van der Waals surface area contributed by atoms with Gasteiger partial charge in [0.1, 0.15) is 12.6 Å². The Bertz CT molecular complexity index is 1650. The molecule has 4 rings (SSSR count). The fraction of sp³-hybridized carbons (Fsp3) is 0.235. The normalized spacial score (nSPS) is 12.0. The third-order valence-corrected chi connectivity index (χ3v) is 9.46. The van der Waals surface area contributed by atoms with Crippen LogP contribution in [0.4, 0.5) is 5.69 Å². The fourth-order valence-electron chi connectivity index (χ4n) is 4.66. The minimum absolute atomic E-state index is 0.0387. The van der Waals surface area contributed by atoms with Gasteiger partial charge in [0.2, 0.25) is 11.8 Å². The number of nitrogens with one attached hydrogen (secondary N) is 1. The van der Waals surface area contributed by atoms with Crippen LogP contribution < -0.4 is 9.62 Å². The molecular weight excluding hydrogens is 662 g/mol. The topological polar surface area (TPSA) is 86.8 Å². The number of hydrogen-bond acceptors (Lipinski definition) is 4. The average Bonchev–Trinajstić information content (AvgIpc) is 3.01. The monoisotopic (exact) mass is 695 g/mol. The summed E-state index contributed by atoms with van der Waals surface area (Å²) < 4.78 is 29.9. The van der Waals surface area contributed by atoms with Crippen molar-refractivity contribution < 1.29 is 18.0 Å². The van der Waals surface area contributed by atoms with Crippen LogP contribution in [0.25, 0.3) is 0 Å². The van der Waals surface area contributed by atoms with Gasteiger partial charge in [-0.3, -0.25) is 13.9 Å². The van der Waals surface area contributed by atoms with E-state index in [1.165, 1.54) is 17.0 Å². The average molecular weight is 697 g/mol. The van der Waals surface area contributed by atoms with Crippen LogP contribution in [0.1, 0.15) is 25.0 Å². The van der Waals surface area contributed by atoms with E-state index in [1.54, 1.807) is 42.5 Å². The SMILES string of the molecule is CC(C)CNC(=O)C(Cc1ccccc1)N(Cc1cccc(Br)c1)C(=O)CN(c1ccc(Cl)cc1)S(=O)(=O)c1ccccc1. The van der Waals surface area contributed by atoms with Crippen LogP contribution in [-0.4, -0.2) is 44.3 Å². The molecule has 0 aliphatic heterocycles. The maximum atomic E-state index is 14.4. The maximum absolute atomic E-state index is 14.4. The van der Waals surface area contributed by atoms with Crippen LogP contribution in [-0.2, 0) is 32.6 Å². The lowest BCUT2D eigenvalue weighted by Crippen LogP contribution is -2.53. The predicted octanol–water partition coefficient (Wildman–Crippen LogP) is 6.71. The number of halogens is 2. The number of sulfonamides is 1. The summed E-state index contributed by atoms with van der Waals surface area (Å²) in [7, 11) is -4.17. The van der Waals surface area contributed by atoms with Gasteiger partial charge < -0.3 is 10.2 Å². The van der Waals surface area contributed by atoms with Crippen molar-refractivity contribution in [3.05, 3.63) is 130 Å². The van der Waals surface area contributed by atoms with Crippen LogP contribution in [0.15, 0.2) is 119 Å². The summed E-state index contributed by atoms with van der Waals surface area (Å²) in [6.07, 6.45) is 0.247. The number of rotatable bonds is 13. The Kier molecular flexibility index (Phi) is 11.6. The van der Waals surface area contributed by atoms with Crippen molar-refractivity contribution in [2.45, 2.75) is 37.8 Å². The predicted molar refractivity (Wildman–Crippen MR) is 179 cm³/mol. The molecule has 4 aromatic carbocycles. The van der Waals surface area contributed by atoms with Gasteiger partial charge in [-0.25, -0.2) is 8.42 Å². The second-order valence-corrected chi connectivity index (χ2v) is 14.0. The molecule has 10 heteroatoms.